The van der Waals surface area contributed by atoms with Gasteiger partial charge in [-0.1, -0.05) is 11.6 Å². The number of carbonyl (C=O) groups excluding carboxylic acids is 2. The van der Waals surface area contributed by atoms with Gasteiger partial charge in [-0.3, -0.25) is 9.59 Å². The molecule has 2 rings (SSSR count). The lowest BCUT2D eigenvalue weighted by Gasteiger charge is -2.12. The van der Waals surface area contributed by atoms with Crippen LogP contribution in [0, 0.1) is 5.92 Å². The largest absolute Gasteiger partial charge is 0.492 e. The molecule has 1 aromatic rings. The molecule has 0 spiro atoms. The summed E-state index contributed by atoms with van der Waals surface area (Å²) in [6.45, 7) is 3.56. The van der Waals surface area contributed by atoms with Crippen molar-refractivity contribution in [2.75, 3.05) is 26.7 Å². The molecule has 0 aliphatic carbocycles. The highest BCUT2D eigenvalue weighted by Crippen LogP contribution is 2.25. The van der Waals surface area contributed by atoms with Gasteiger partial charge in [0.2, 0.25) is 5.91 Å². The van der Waals surface area contributed by atoms with Crippen LogP contribution in [0.1, 0.15) is 23.7 Å². The van der Waals surface area contributed by atoms with Gasteiger partial charge in [0.15, 0.2) is 0 Å². The van der Waals surface area contributed by atoms with E-state index in [-0.39, 0.29) is 17.7 Å². The van der Waals surface area contributed by atoms with E-state index in [9.17, 15) is 9.59 Å². The molecule has 1 aromatic carbocycles. The molecule has 6 heteroatoms. The molecule has 2 amide bonds. The summed E-state index contributed by atoms with van der Waals surface area (Å²) in [4.78, 5) is 25.2. The van der Waals surface area contributed by atoms with E-state index in [1.165, 1.54) is 0 Å². The normalized spacial score (nSPS) is 18.0. The predicted octanol–water partition coefficient (Wildman–Crippen LogP) is 1.95. The van der Waals surface area contributed by atoms with Crippen LogP contribution in [0.4, 0.5) is 0 Å². The zero-order valence-corrected chi connectivity index (χ0v) is 12.9. The lowest BCUT2D eigenvalue weighted by Crippen LogP contribution is -2.30. The van der Waals surface area contributed by atoms with Gasteiger partial charge in [-0.25, -0.2) is 0 Å². The SMILES string of the molecule is CCOc1ccc(C(=O)NC[C@@H]2CC(=O)N(C)C2)cc1Cl. The summed E-state index contributed by atoms with van der Waals surface area (Å²) >= 11 is 6.06. The second kappa shape index (κ2) is 6.80. The lowest BCUT2D eigenvalue weighted by atomic mass is 10.1. The Morgan fingerprint density at radius 2 is 2.29 bits per heavy atom. The van der Waals surface area contributed by atoms with E-state index in [0.29, 0.717) is 42.5 Å². The van der Waals surface area contributed by atoms with Crippen LogP contribution in [0.25, 0.3) is 0 Å². The van der Waals surface area contributed by atoms with Crippen molar-refractivity contribution in [2.24, 2.45) is 5.92 Å². The van der Waals surface area contributed by atoms with Gasteiger partial charge in [0.25, 0.3) is 5.91 Å². The highest BCUT2D eigenvalue weighted by Gasteiger charge is 2.26. The molecule has 0 aromatic heterocycles. The Morgan fingerprint density at radius 3 is 2.86 bits per heavy atom. The molecular formula is C15H19ClN2O3. The van der Waals surface area contributed by atoms with Crippen molar-refractivity contribution >= 4 is 23.4 Å². The van der Waals surface area contributed by atoms with Gasteiger partial charge < -0.3 is 15.0 Å². The third-order valence-corrected chi connectivity index (χ3v) is 3.76. The summed E-state index contributed by atoms with van der Waals surface area (Å²) in [5.41, 5.74) is 0.487. The quantitative estimate of drug-likeness (QED) is 0.904. The number of rotatable bonds is 5. The van der Waals surface area contributed by atoms with Crippen LogP contribution in [-0.2, 0) is 4.79 Å². The minimum absolute atomic E-state index is 0.123. The van der Waals surface area contributed by atoms with Gasteiger partial charge in [-0.2, -0.15) is 0 Å². The fraction of sp³-hybridized carbons (Fsp3) is 0.467. The first-order valence-electron chi connectivity index (χ1n) is 6.95. The second-order valence-corrected chi connectivity index (χ2v) is 5.54. The predicted molar refractivity (Wildman–Crippen MR) is 80.7 cm³/mol. The maximum Gasteiger partial charge on any atom is 0.251 e. The molecule has 1 N–H and O–H groups in total. The van der Waals surface area contributed by atoms with E-state index in [1.807, 2.05) is 6.92 Å². The monoisotopic (exact) mass is 310 g/mol. The van der Waals surface area contributed by atoms with Crippen LogP contribution in [0.15, 0.2) is 18.2 Å². The van der Waals surface area contributed by atoms with Crippen molar-refractivity contribution in [3.8, 4) is 5.75 Å². The van der Waals surface area contributed by atoms with Crippen molar-refractivity contribution in [1.82, 2.24) is 10.2 Å². The number of nitrogens with zero attached hydrogens (tertiary/aromatic N) is 1. The molecule has 1 heterocycles. The Hall–Kier alpha value is -1.75. The van der Waals surface area contributed by atoms with E-state index in [1.54, 1.807) is 30.1 Å². The van der Waals surface area contributed by atoms with E-state index in [4.69, 9.17) is 16.3 Å². The van der Waals surface area contributed by atoms with Gasteiger partial charge in [0.05, 0.1) is 11.6 Å². The topological polar surface area (TPSA) is 58.6 Å². The molecule has 1 aliphatic rings. The Labute approximate surface area is 129 Å². The molecule has 21 heavy (non-hydrogen) atoms. The first-order valence-corrected chi connectivity index (χ1v) is 7.33. The van der Waals surface area contributed by atoms with E-state index >= 15 is 0 Å². The molecule has 0 unspecified atom stereocenters. The zero-order chi connectivity index (χ0) is 15.4. The molecule has 0 bridgehead atoms. The lowest BCUT2D eigenvalue weighted by molar-refractivity contribution is -0.126. The molecule has 0 saturated carbocycles. The van der Waals surface area contributed by atoms with Gasteiger partial charge in [0.1, 0.15) is 5.75 Å². The maximum atomic E-state index is 12.1. The van der Waals surface area contributed by atoms with Crippen molar-refractivity contribution in [3.63, 3.8) is 0 Å². The number of likely N-dealkylation sites (tertiary alicyclic amines) is 1. The van der Waals surface area contributed by atoms with Crippen molar-refractivity contribution < 1.29 is 14.3 Å². The number of halogens is 1. The van der Waals surface area contributed by atoms with Crippen LogP contribution in [0.3, 0.4) is 0 Å². The zero-order valence-electron chi connectivity index (χ0n) is 12.2. The van der Waals surface area contributed by atoms with Crippen LogP contribution in [-0.4, -0.2) is 43.5 Å². The second-order valence-electron chi connectivity index (χ2n) is 5.13. The van der Waals surface area contributed by atoms with Gasteiger partial charge in [0, 0.05) is 38.0 Å². The fourth-order valence-electron chi connectivity index (χ4n) is 2.35. The van der Waals surface area contributed by atoms with Crippen molar-refractivity contribution in [3.05, 3.63) is 28.8 Å². The summed E-state index contributed by atoms with van der Waals surface area (Å²) < 4.78 is 5.33. The molecule has 5 nitrogen and oxygen atoms in total. The number of amides is 2. The van der Waals surface area contributed by atoms with E-state index < -0.39 is 0 Å². The number of ether oxygens (including phenoxy) is 1. The Kier molecular flexibility index (Phi) is 5.07. The average Bonchev–Trinajstić information content (AvgIpc) is 2.77. The molecule has 1 fully saturated rings. The van der Waals surface area contributed by atoms with Crippen LogP contribution >= 0.6 is 11.6 Å². The molecule has 0 radical (unpaired) electrons. The third kappa shape index (κ3) is 3.88. The van der Waals surface area contributed by atoms with E-state index in [0.717, 1.165) is 0 Å². The first-order chi connectivity index (χ1) is 10.0. The fourth-order valence-corrected chi connectivity index (χ4v) is 2.58. The first kappa shape index (κ1) is 15.6. The highest BCUT2D eigenvalue weighted by molar-refractivity contribution is 6.32. The summed E-state index contributed by atoms with van der Waals surface area (Å²) in [5.74, 6) is 0.670. The summed E-state index contributed by atoms with van der Waals surface area (Å²) in [7, 11) is 1.77. The van der Waals surface area contributed by atoms with Crippen LogP contribution in [0.2, 0.25) is 5.02 Å². The van der Waals surface area contributed by atoms with Gasteiger partial charge >= 0.3 is 0 Å². The number of benzene rings is 1. The molecule has 1 saturated heterocycles. The smallest absolute Gasteiger partial charge is 0.251 e. The maximum absolute atomic E-state index is 12.1. The summed E-state index contributed by atoms with van der Waals surface area (Å²) in [6.07, 6.45) is 0.487. The summed E-state index contributed by atoms with van der Waals surface area (Å²) in [5, 5.41) is 3.26. The number of hydrogen-bond acceptors (Lipinski definition) is 3. The Balaban J connectivity index is 1.91. The van der Waals surface area contributed by atoms with Crippen LogP contribution in [0.5, 0.6) is 5.75 Å². The van der Waals surface area contributed by atoms with Crippen molar-refractivity contribution in [2.45, 2.75) is 13.3 Å². The minimum atomic E-state index is -0.193. The molecule has 1 atom stereocenters. The minimum Gasteiger partial charge on any atom is -0.492 e. The van der Waals surface area contributed by atoms with Crippen LogP contribution < -0.4 is 10.1 Å². The Morgan fingerprint density at radius 1 is 1.52 bits per heavy atom. The number of nitrogens with one attached hydrogen (secondary N) is 1. The number of hydrogen-bond donors (Lipinski definition) is 1. The van der Waals surface area contributed by atoms with Crippen molar-refractivity contribution in [1.29, 1.82) is 0 Å². The van der Waals surface area contributed by atoms with Gasteiger partial charge in [-0.05, 0) is 25.1 Å². The Bertz CT molecular complexity index is 548. The molecular weight excluding hydrogens is 292 g/mol. The number of carbonyl (C=O) groups is 2. The standard InChI is InChI=1S/C15H19ClN2O3/c1-3-21-13-5-4-11(7-12(13)16)15(20)17-8-10-6-14(19)18(2)9-10/h4-5,7,10H,3,6,8-9H2,1-2H3,(H,17,20)/t10-/m0/s1. The van der Waals surface area contributed by atoms with Gasteiger partial charge in [-0.15, -0.1) is 0 Å². The van der Waals surface area contributed by atoms with E-state index in [2.05, 4.69) is 5.32 Å². The average molecular weight is 311 g/mol. The summed E-state index contributed by atoms with van der Waals surface area (Å²) in [6, 6.07) is 4.96. The highest BCUT2D eigenvalue weighted by atomic mass is 35.5. The molecule has 114 valence electrons. The molecule has 1 aliphatic heterocycles. The third-order valence-electron chi connectivity index (χ3n) is 3.47.